The van der Waals surface area contributed by atoms with Crippen LogP contribution < -0.4 is 9.62 Å². The summed E-state index contributed by atoms with van der Waals surface area (Å²) in [6, 6.07) is 28.0. The summed E-state index contributed by atoms with van der Waals surface area (Å²) < 4.78 is 29.5. The van der Waals surface area contributed by atoms with Crippen LogP contribution in [-0.4, -0.2) is 49.7 Å². The third-order valence-corrected chi connectivity index (χ3v) is 9.04. The van der Waals surface area contributed by atoms with E-state index in [-0.39, 0.29) is 29.2 Å². The van der Waals surface area contributed by atoms with Gasteiger partial charge in [0, 0.05) is 36.6 Å². The SMILES string of the molecule is CNC(=O)[C@@H](Cc1ccccc1)N(Cc1ccc(Br)cc1)C(=O)CN(c1cccc([N+](=O)[O-])c1)S(=O)(=O)c1ccccc1. The van der Waals surface area contributed by atoms with E-state index >= 15 is 0 Å². The second-order valence-corrected chi connectivity index (χ2v) is 12.3. The maximum absolute atomic E-state index is 14.2. The molecule has 12 heteroatoms. The van der Waals surface area contributed by atoms with Crippen molar-refractivity contribution in [2.24, 2.45) is 0 Å². The molecule has 222 valence electrons. The molecule has 0 fully saturated rings. The topological polar surface area (TPSA) is 130 Å². The Balaban J connectivity index is 1.80. The van der Waals surface area contributed by atoms with E-state index < -0.39 is 39.3 Å². The second-order valence-electron chi connectivity index (χ2n) is 9.57. The Labute approximate surface area is 258 Å². The zero-order valence-corrected chi connectivity index (χ0v) is 25.6. The molecule has 2 amide bonds. The standard InChI is InChI=1S/C31H29BrN4O6S/c1-33-31(38)29(19-23-9-4-2-5-10-23)34(21-24-15-17-25(32)18-16-24)30(37)22-35(26-11-8-12-27(20-26)36(39)40)43(41,42)28-13-6-3-7-14-28/h2-18,20,29H,19,21-22H2,1H3,(H,33,38)/t29-/m1/s1. The van der Waals surface area contributed by atoms with Crippen molar-refractivity contribution in [3.05, 3.63) is 135 Å². The molecule has 1 N–H and O–H groups in total. The highest BCUT2D eigenvalue weighted by atomic mass is 79.9. The number of nitrogens with zero attached hydrogens (tertiary/aromatic N) is 3. The van der Waals surface area contributed by atoms with Crippen molar-refractivity contribution in [3.8, 4) is 0 Å². The summed E-state index contributed by atoms with van der Waals surface area (Å²) in [6.07, 6.45) is 0.172. The predicted octanol–water partition coefficient (Wildman–Crippen LogP) is 4.94. The first kappa shape index (κ1) is 31.4. The molecule has 0 aromatic heterocycles. The van der Waals surface area contributed by atoms with Gasteiger partial charge in [-0.05, 0) is 41.5 Å². The minimum Gasteiger partial charge on any atom is -0.357 e. The third-order valence-electron chi connectivity index (χ3n) is 6.72. The number of sulfonamides is 1. The molecule has 0 bridgehead atoms. The Bertz CT molecular complexity index is 1690. The number of nitro benzene ring substituents is 1. The van der Waals surface area contributed by atoms with Crippen LogP contribution >= 0.6 is 15.9 Å². The van der Waals surface area contributed by atoms with E-state index in [1.54, 1.807) is 42.5 Å². The Kier molecular flexibility index (Phi) is 10.3. The molecule has 4 rings (SSSR count). The number of carbonyl (C=O) groups is 2. The summed E-state index contributed by atoms with van der Waals surface area (Å²) in [7, 11) is -2.89. The predicted molar refractivity (Wildman–Crippen MR) is 167 cm³/mol. The molecule has 0 spiro atoms. The van der Waals surface area contributed by atoms with E-state index in [2.05, 4.69) is 21.2 Å². The molecule has 0 saturated heterocycles. The first-order valence-electron chi connectivity index (χ1n) is 13.2. The summed E-state index contributed by atoms with van der Waals surface area (Å²) in [5.74, 6) is -1.10. The van der Waals surface area contributed by atoms with Crippen molar-refractivity contribution in [3.63, 3.8) is 0 Å². The molecule has 4 aromatic carbocycles. The van der Waals surface area contributed by atoms with Crippen molar-refractivity contribution in [2.45, 2.75) is 23.9 Å². The second kappa shape index (κ2) is 14.1. The van der Waals surface area contributed by atoms with Crippen LogP contribution in [0.3, 0.4) is 0 Å². The first-order valence-corrected chi connectivity index (χ1v) is 15.4. The van der Waals surface area contributed by atoms with Crippen LogP contribution in [0.25, 0.3) is 0 Å². The van der Waals surface area contributed by atoms with Crippen molar-refractivity contribution >= 4 is 49.1 Å². The van der Waals surface area contributed by atoms with E-state index in [1.807, 2.05) is 30.3 Å². The molecule has 10 nitrogen and oxygen atoms in total. The molecule has 4 aromatic rings. The summed E-state index contributed by atoms with van der Waals surface area (Å²) in [6.45, 7) is -0.706. The molecular formula is C31H29BrN4O6S. The largest absolute Gasteiger partial charge is 0.357 e. The average Bonchev–Trinajstić information content (AvgIpc) is 3.02. The Morgan fingerprint density at radius 3 is 2.12 bits per heavy atom. The van der Waals surface area contributed by atoms with E-state index in [1.165, 1.54) is 42.3 Å². The lowest BCUT2D eigenvalue weighted by atomic mass is 10.0. The molecule has 1 atom stereocenters. The normalized spacial score (nSPS) is 11.8. The summed E-state index contributed by atoms with van der Waals surface area (Å²) in [5.41, 5.74) is 1.12. The van der Waals surface area contributed by atoms with Gasteiger partial charge >= 0.3 is 0 Å². The van der Waals surface area contributed by atoms with Crippen LogP contribution in [-0.2, 0) is 32.6 Å². The van der Waals surface area contributed by atoms with Gasteiger partial charge in [-0.1, -0.05) is 82.7 Å². The first-order chi connectivity index (χ1) is 20.6. The molecule has 0 heterocycles. The van der Waals surface area contributed by atoms with Gasteiger partial charge in [-0.3, -0.25) is 24.0 Å². The summed E-state index contributed by atoms with van der Waals surface area (Å²) >= 11 is 3.40. The number of anilines is 1. The number of amides is 2. The number of hydrogen-bond donors (Lipinski definition) is 1. The Morgan fingerprint density at radius 2 is 1.51 bits per heavy atom. The fraction of sp³-hybridized carbons (Fsp3) is 0.161. The number of non-ortho nitro benzene ring substituents is 1. The van der Waals surface area contributed by atoms with Crippen LogP contribution in [0.15, 0.2) is 119 Å². The van der Waals surface area contributed by atoms with Gasteiger partial charge in [0.25, 0.3) is 15.7 Å². The van der Waals surface area contributed by atoms with E-state index in [0.29, 0.717) is 5.56 Å². The van der Waals surface area contributed by atoms with Gasteiger partial charge in [-0.25, -0.2) is 8.42 Å². The maximum Gasteiger partial charge on any atom is 0.271 e. The number of nitrogens with one attached hydrogen (secondary N) is 1. The number of benzene rings is 4. The molecule has 0 aliphatic rings. The number of nitro groups is 1. The summed E-state index contributed by atoms with van der Waals surface area (Å²) in [5, 5.41) is 14.2. The maximum atomic E-state index is 14.2. The van der Waals surface area contributed by atoms with Crippen molar-refractivity contribution in [2.75, 3.05) is 17.9 Å². The molecule has 0 aliphatic heterocycles. The fourth-order valence-electron chi connectivity index (χ4n) is 4.52. The van der Waals surface area contributed by atoms with Crippen molar-refractivity contribution < 1.29 is 22.9 Å². The van der Waals surface area contributed by atoms with Gasteiger partial charge in [-0.15, -0.1) is 0 Å². The van der Waals surface area contributed by atoms with E-state index in [9.17, 15) is 28.1 Å². The lowest BCUT2D eigenvalue weighted by Gasteiger charge is -2.33. The van der Waals surface area contributed by atoms with Crippen LogP contribution in [0.5, 0.6) is 0 Å². The van der Waals surface area contributed by atoms with Gasteiger partial charge in [0.1, 0.15) is 12.6 Å². The highest BCUT2D eigenvalue weighted by Crippen LogP contribution is 2.28. The molecular weight excluding hydrogens is 636 g/mol. The number of halogens is 1. The van der Waals surface area contributed by atoms with Gasteiger partial charge < -0.3 is 10.2 Å². The minimum absolute atomic E-state index is 0.00515. The Morgan fingerprint density at radius 1 is 0.884 bits per heavy atom. The van der Waals surface area contributed by atoms with Gasteiger partial charge in [0.2, 0.25) is 11.8 Å². The van der Waals surface area contributed by atoms with Gasteiger partial charge in [-0.2, -0.15) is 0 Å². The average molecular weight is 666 g/mol. The van der Waals surface area contributed by atoms with Crippen molar-refractivity contribution in [1.82, 2.24) is 10.2 Å². The zero-order valence-electron chi connectivity index (χ0n) is 23.2. The van der Waals surface area contributed by atoms with E-state index in [0.717, 1.165) is 20.4 Å². The smallest absolute Gasteiger partial charge is 0.271 e. The molecule has 43 heavy (non-hydrogen) atoms. The number of hydrogen-bond acceptors (Lipinski definition) is 6. The van der Waals surface area contributed by atoms with Gasteiger partial charge in [0.05, 0.1) is 15.5 Å². The number of rotatable bonds is 12. The molecule has 0 radical (unpaired) electrons. The van der Waals surface area contributed by atoms with Crippen LogP contribution in [0, 0.1) is 10.1 Å². The van der Waals surface area contributed by atoms with Crippen LogP contribution in [0.1, 0.15) is 11.1 Å². The van der Waals surface area contributed by atoms with Crippen molar-refractivity contribution in [1.29, 1.82) is 0 Å². The van der Waals surface area contributed by atoms with Crippen LogP contribution in [0.4, 0.5) is 11.4 Å². The summed E-state index contributed by atoms with van der Waals surface area (Å²) in [4.78, 5) is 39.7. The highest BCUT2D eigenvalue weighted by Gasteiger charge is 2.34. The number of likely N-dealkylation sites (N-methyl/N-ethyl adjacent to an activating group) is 1. The highest BCUT2D eigenvalue weighted by molar-refractivity contribution is 9.10. The fourth-order valence-corrected chi connectivity index (χ4v) is 6.21. The Hall–Kier alpha value is -4.55. The number of carbonyl (C=O) groups excluding carboxylic acids is 2. The monoisotopic (exact) mass is 664 g/mol. The molecule has 0 unspecified atom stereocenters. The van der Waals surface area contributed by atoms with Gasteiger partial charge in [0.15, 0.2) is 0 Å². The zero-order chi connectivity index (χ0) is 31.0. The van der Waals surface area contributed by atoms with E-state index in [4.69, 9.17) is 0 Å². The lowest BCUT2D eigenvalue weighted by molar-refractivity contribution is -0.384. The van der Waals surface area contributed by atoms with Crippen LogP contribution in [0.2, 0.25) is 0 Å². The lowest BCUT2D eigenvalue weighted by Crippen LogP contribution is -2.53. The quantitative estimate of drug-likeness (QED) is 0.169. The molecule has 0 aliphatic carbocycles. The third kappa shape index (κ3) is 7.85. The minimum atomic E-state index is -4.36. The molecule has 0 saturated carbocycles.